The van der Waals surface area contributed by atoms with Crippen LogP contribution in [0.25, 0.3) is 0 Å². The van der Waals surface area contributed by atoms with Gasteiger partial charge in [-0.15, -0.1) is 0 Å². The van der Waals surface area contributed by atoms with Gasteiger partial charge in [0.15, 0.2) is 5.96 Å². The molecule has 26 heavy (non-hydrogen) atoms. The zero-order chi connectivity index (χ0) is 18.8. The summed E-state index contributed by atoms with van der Waals surface area (Å²) in [6.45, 7) is 4.08. The quantitative estimate of drug-likeness (QED) is 0.499. The van der Waals surface area contributed by atoms with E-state index in [0.717, 1.165) is 29.4 Å². The van der Waals surface area contributed by atoms with Crippen molar-refractivity contribution >= 4 is 11.8 Å². The number of nitrogens with one attached hydrogen (secondary N) is 2. The van der Waals surface area contributed by atoms with E-state index in [1.807, 2.05) is 68.4 Å². The molecule has 1 aromatic carbocycles. The van der Waals surface area contributed by atoms with Crippen LogP contribution in [0.4, 0.5) is 5.82 Å². The van der Waals surface area contributed by atoms with Crippen molar-refractivity contribution in [3.8, 4) is 0 Å². The number of benzene rings is 1. The second kappa shape index (κ2) is 10.4. The maximum atomic E-state index is 9.70. The lowest BCUT2D eigenvalue weighted by Gasteiger charge is -2.18. The van der Waals surface area contributed by atoms with E-state index in [2.05, 4.69) is 20.6 Å². The molecule has 0 aliphatic carbocycles. The normalized spacial score (nSPS) is 12.5. The van der Waals surface area contributed by atoms with Crippen LogP contribution in [-0.4, -0.2) is 49.8 Å². The monoisotopic (exact) mass is 355 g/mol. The summed E-state index contributed by atoms with van der Waals surface area (Å²) in [5, 5.41) is 16.3. The van der Waals surface area contributed by atoms with Gasteiger partial charge < -0.3 is 20.6 Å². The van der Waals surface area contributed by atoms with Crippen molar-refractivity contribution in [1.82, 2.24) is 15.6 Å². The summed E-state index contributed by atoms with van der Waals surface area (Å²) >= 11 is 0. The van der Waals surface area contributed by atoms with E-state index in [1.165, 1.54) is 0 Å². The van der Waals surface area contributed by atoms with Gasteiger partial charge in [0.05, 0.1) is 13.2 Å². The molecule has 0 bridgehead atoms. The first-order valence-corrected chi connectivity index (χ1v) is 8.94. The number of nitrogens with zero attached hydrogens (tertiary/aromatic N) is 3. The Hall–Kier alpha value is -2.60. The van der Waals surface area contributed by atoms with Crippen LogP contribution in [0.3, 0.4) is 0 Å². The Morgan fingerprint density at radius 1 is 1.19 bits per heavy atom. The van der Waals surface area contributed by atoms with Gasteiger partial charge in [-0.1, -0.05) is 30.3 Å². The van der Waals surface area contributed by atoms with Crippen molar-refractivity contribution in [3.05, 3.63) is 59.8 Å². The van der Waals surface area contributed by atoms with Gasteiger partial charge in [-0.3, -0.25) is 0 Å². The number of guanidine groups is 1. The second-order valence-electron chi connectivity index (χ2n) is 6.28. The van der Waals surface area contributed by atoms with E-state index in [4.69, 9.17) is 0 Å². The Balaban J connectivity index is 2.01. The standard InChI is InChI=1S/C20H29N5O/c1-4-21-20(23-13-16-10-11-22-19(12-16)25(2)3)24-14-18(15-26)17-8-6-5-7-9-17/h5-12,18,26H,4,13-15H2,1-3H3,(H2,21,23,24). The van der Waals surface area contributed by atoms with Crippen molar-refractivity contribution in [1.29, 1.82) is 0 Å². The van der Waals surface area contributed by atoms with Gasteiger partial charge >= 0.3 is 0 Å². The van der Waals surface area contributed by atoms with Crippen LogP contribution in [0.5, 0.6) is 0 Å². The van der Waals surface area contributed by atoms with E-state index >= 15 is 0 Å². The summed E-state index contributed by atoms with van der Waals surface area (Å²) in [5.41, 5.74) is 2.21. The number of hydrogen-bond acceptors (Lipinski definition) is 4. The predicted molar refractivity (Wildman–Crippen MR) is 108 cm³/mol. The molecule has 0 radical (unpaired) electrons. The Kier molecular flexibility index (Phi) is 7.89. The van der Waals surface area contributed by atoms with E-state index in [9.17, 15) is 5.11 Å². The molecule has 6 heteroatoms. The first-order chi connectivity index (χ1) is 12.6. The first kappa shape index (κ1) is 19.7. The average Bonchev–Trinajstić information content (AvgIpc) is 2.67. The van der Waals surface area contributed by atoms with Gasteiger partial charge in [0.25, 0.3) is 0 Å². The average molecular weight is 355 g/mol. The third-order valence-electron chi connectivity index (χ3n) is 4.04. The summed E-state index contributed by atoms with van der Waals surface area (Å²) in [6, 6.07) is 14.0. The minimum absolute atomic E-state index is 0.0290. The molecule has 1 aromatic heterocycles. The summed E-state index contributed by atoms with van der Waals surface area (Å²) in [7, 11) is 3.94. The number of pyridine rings is 1. The Morgan fingerprint density at radius 2 is 1.96 bits per heavy atom. The second-order valence-corrected chi connectivity index (χ2v) is 6.28. The molecule has 0 saturated carbocycles. The topological polar surface area (TPSA) is 72.8 Å². The molecule has 0 fully saturated rings. The number of aliphatic imine (C=N–C) groups is 1. The molecule has 1 atom stereocenters. The van der Waals surface area contributed by atoms with E-state index in [0.29, 0.717) is 13.1 Å². The molecule has 2 rings (SSSR count). The van der Waals surface area contributed by atoms with Gasteiger partial charge in [0.1, 0.15) is 5.82 Å². The predicted octanol–water partition coefficient (Wildman–Crippen LogP) is 1.98. The van der Waals surface area contributed by atoms with Gasteiger partial charge in [-0.2, -0.15) is 0 Å². The third kappa shape index (κ3) is 6.04. The lowest BCUT2D eigenvalue weighted by atomic mass is 10.0. The van der Waals surface area contributed by atoms with Crippen LogP contribution in [0.2, 0.25) is 0 Å². The minimum atomic E-state index is 0.0290. The van der Waals surface area contributed by atoms with Crippen molar-refractivity contribution in [3.63, 3.8) is 0 Å². The number of aromatic nitrogens is 1. The lowest BCUT2D eigenvalue weighted by Crippen LogP contribution is -2.39. The smallest absolute Gasteiger partial charge is 0.191 e. The zero-order valence-electron chi connectivity index (χ0n) is 15.8. The molecule has 140 valence electrons. The van der Waals surface area contributed by atoms with Crippen molar-refractivity contribution in [2.75, 3.05) is 38.7 Å². The molecule has 1 unspecified atom stereocenters. The van der Waals surface area contributed by atoms with Gasteiger partial charge in [-0.05, 0) is 30.2 Å². The number of hydrogen-bond donors (Lipinski definition) is 3. The fraction of sp³-hybridized carbons (Fsp3) is 0.400. The van der Waals surface area contributed by atoms with Gasteiger partial charge in [-0.25, -0.2) is 9.98 Å². The Morgan fingerprint density at radius 3 is 2.62 bits per heavy atom. The van der Waals surface area contributed by atoms with Crippen LogP contribution < -0.4 is 15.5 Å². The maximum absolute atomic E-state index is 9.70. The van der Waals surface area contributed by atoms with Crippen LogP contribution in [0.1, 0.15) is 24.0 Å². The summed E-state index contributed by atoms with van der Waals surface area (Å²) < 4.78 is 0. The van der Waals surface area contributed by atoms with E-state index in [-0.39, 0.29) is 12.5 Å². The molecule has 3 N–H and O–H groups in total. The minimum Gasteiger partial charge on any atom is -0.396 e. The summed E-state index contributed by atoms with van der Waals surface area (Å²) in [4.78, 5) is 11.0. The van der Waals surface area contributed by atoms with Crippen LogP contribution in [-0.2, 0) is 6.54 Å². The highest BCUT2D eigenvalue weighted by Crippen LogP contribution is 2.13. The molecule has 0 amide bonds. The summed E-state index contributed by atoms with van der Waals surface area (Å²) in [5.74, 6) is 1.69. The largest absolute Gasteiger partial charge is 0.396 e. The molecule has 6 nitrogen and oxygen atoms in total. The van der Waals surface area contributed by atoms with Crippen molar-refractivity contribution in [2.24, 2.45) is 4.99 Å². The lowest BCUT2D eigenvalue weighted by molar-refractivity contribution is 0.265. The number of rotatable bonds is 8. The summed E-state index contributed by atoms with van der Waals surface area (Å²) in [6.07, 6.45) is 1.80. The molecule has 1 heterocycles. The van der Waals surface area contributed by atoms with E-state index in [1.54, 1.807) is 6.20 Å². The number of aliphatic hydroxyl groups is 1. The first-order valence-electron chi connectivity index (χ1n) is 8.94. The van der Waals surface area contributed by atoms with Gasteiger partial charge in [0, 0.05) is 39.3 Å². The maximum Gasteiger partial charge on any atom is 0.191 e. The molecular weight excluding hydrogens is 326 g/mol. The zero-order valence-corrected chi connectivity index (χ0v) is 15.8. The van der Waals surface area contributed by atoms with Crippen molar-refractivity contribution in [2.45, 2.75) is 19.4 Å². The highest BCUT2D eigenvalue weighted by atomic mass is 16.3. The molecule has 0 aliphatic heterocycles. The molecule has 0 spiro atoms. The SMILES string of the molecule is CCNC(=NCc1ccnc(N(C)C)c1)NCC(CO)c1ccccc1. The molecule has 0 aliphatic rings. The van der Waals surface area contributed by atoms with Crippen LogP contribution >= 0.6 is 0 Å². The molecule has 2 aromatic rings. The number of anilines is 1. The van der Waals surface area contributed by atoms with E-state index < -0.39 is 0 Å². The third-order valence-corrected chi connectivity index (χ3v) is 4.04. The van der Waals surface area contributed by atoms with Crippen LogP contribution in [0.15, 0.2) is 53.7 Å². The Bertz CT molecular complexity index is 688. The Labute approximate surface area is 156 Å². The van der Waals surface area contributed by atoms with Crippen molar-refractivity contribution < 1.29 is 5.11 Å². The molecular formula is C20H29N5O. The fourth-order valence-corrected chi connectivity index (χ4v) is 2.55. The molecule has 0 saturated heterocycles. The fourth-order valence-electron chi connectivity index (χ4n) is 2.55. The number of aliphatic hydroxyl groups excluding tert-OH is 1. The highest BCUT2D eigenvalue weighted by molar-refractivity contribution is 5.79. The van der Waals surface area contributed by atoms with Crippen LogP contribution in [0, 0.1) is 0 Å². The highest BCUT2D eigenvalue weighted by Gasteiger charge is 2.10. The van der Waals surface area contributed by atoms with Gasteiger partial charge in [0.2, 0.25) is 0 Å².